The zero-order valence-electron chi connectivity index (χ0n) is 18.2. The Morgan fingerprint density at radius 3 is 2.97 bits per heavy atom. The van der Waals surface area contributed by atoms with Crippen LogP contribution in [0.4, 0.5) is 11.7 Å². The second kappa shape index (κ2) is 8.41. The maximum Gasteiger partial charge on any atom is 0.347 e. The van der Waals surface area contributed by atoms with Gasteiger partial charge >= 0.3 is 5.97 Å². The number of aliphatic imine (C=N–C) groups is 1. The molecule has 1 aromatic carbocycles. The minimum atomic E-state index is -0.634. The molecule has 0 radical (unpaired) electrons. The summed E-state index contributed by atoms with van der Waals surface area (Å²) < 4.78 is 11.5. The number of fused-ring (bicyclic) bond motifs is 2. The number of hydrogen-bond acceptors (Lipinski definition) is 7. The molecule has 5 rings (SSSR count). The van der Waals surface area contributed by atoms with Gasteiger partial charge in [-0.3, -0.25) is 0 Å². The van der Waals surface area contributed by atoms with Crippen molar-refractivity contribution in [1.82, 2.24) is 4.98 Å². The smallest absolute Gasteiger partial charge is 0.347 e. The number of esters is 1. The Kier molecular flexibility index (Phi) is 5.42. The highest BCUT2D eigenvalue weighted by Crippen LogP contribution is 2.41. The molecule has 0 bridgehead atoms. The first-order valence-corrected chi connectivity index (χ1v) is 11.1. The van der Waals surface area contributed by atoms with E-state index in [1.54, 1.807) is 32.3 Å². The average Bonchev–Trinajstić information content (AvgIpc) is 3.34. The van der Waals surface area contributed by atoms with E-state index in [4.69, 9.17) is 20.8 Å². The van der Waals surface area contributed by atoms with Gasteiger partial charge in [-0.2, -0.15) is 0 Å². The van der Waals surface area contributed by atoms with E-state index in [0.717, 1.165) is 23.1 Å². The lowest BCUT2D eigenvalue weighted by Gasteiger charge is -2.29. The van der Waals surface area contributed by atoms with Crippen LogP contribution >= 0.6 is 11.6 Å². The summed E-state index contributed by atoms with van der Waals surface area (Å²) >= 11 is 6.19. The van der Waals surface area contributed by atoms with Crippen LogP contribution in [0.15, 0.2) is 45.9 Å². The molecule has 0 atom stereocenters. The van der Waals surface area contributed by atoms with Gasteiger partial charge in [0.05, 0.1) is 6.10 Å². The number of aromatic nitrogens is 1. The zero-order chi connectivity index (χ0) is 23.1. The summed E-state index contributed by atoms with van der Waals surface area (Å²) in [5.41, 5.74) is 3.82. The van der Waals surface area contributed by atoms with Crippen LogP contribution in [-0.4, -0.2) is 34.9 Å². The average molecular weight is 464 g/mol. The zero-order valence-corrected chi connectivity index (χ0v) is 19.0. The van der Waals surface area contributed by atoms with Crippen LogP contribution in [-0.2, 0) is 17.7 Å². The summed E-state index contributed by atoms with van der Waals surface area (Å²) in [6, 6.07) is 9.52. The highest BCUT2D eigenvalue weighted by molar-refractivity contribution is 6.30. The molecule has 2 aliphatic rings. The molecule has 33 heavy (non-hydrogen) atoms. The van der Waals surface area contributed by atoms with Crippen molar-refractivity contribution in [3.63, 3.8) is 0 Å². The summed E-state index contributed by atoms with van der Waals surface area (Å²) in [4.78, 5) is 23.4. The molecule has 2 aromatic heterocycles. The number of hydrogen-bond donors (Lipinski definition) is 1. The van der Waals surface area contributed by atoms with Crippen LogP contribution in [0.5, 0.6) is 5.75 Å². The van der Waals surface area contributed by atoms with E-state index in [2.05, 4.69) is 9.98 Å². The normalized spacial score (nSPS) is 15.8. The van der Waals surface area contributed by atoms with Crippen LogP contribution in [0, 0.1) is 0 Å². The Hall–Kier alpha value is -3.58. The fraction of sp³-hybridized carbons (Fsp3) is 0.240. The Balaban J connectivity index is 1.57. The Morgan fingerprint density at radius 2 is 2.15 bits per heavy atom. The van der Waals surface area contributed by atoms with Crippen molar-refractivity contribution in [2.45, 2.75) is 32.9 Å². The predicted molar refractivity (Wildman–Crippen MR) is 127 cm³/mol. The minimum Gasteiger partial charge on any atom is -0.504 e. The van der Waals surface area contributed by atoms with Gasteiger partial charge in [-0.1, -0.05) is 17.7 Å². The molecule has 1 N–H and O–H groups in total. The maximum atomic E-state index is 12.9. The quantitative estimate of drug-likeness (QED) is 0.520. The maximum absolute atomic E-state index is 12.9. The van der Waals surface area contributed by atoms with Crippen molar-refractivity contribution < 1.29 is 19.1 Å². The molecule has 0 aliphatic carbocycles. The van der Waals surface area contributed by atoms with E-state index in [-0.39, 0.29) is 29.1 Å². The summed E-state index contributed by atoms with van der Waals surface area (Å²) in [6.45, 7) is 4.63. The van der Waals surface area contributed by atoms with E-state index in [1.807, 2.05) is 35.2 Å². The van der Waals surface area contributed by atoms with Crippen molar-refractivity contribution in [2.24, 2.45) is 4.99 Å². The third kappa shape index (κ3) is 4.00. The monoisotopic (exact) mass is 463 g/mol. The molecule has 0 saturated heterocycles. The predicted octanol–water partition coefficient (Wildman–Crippen LogP) is 5.42. The van der Waals surface area contributed by atoms with Crippen LogP contribution in [0.25, 0.3) is 11.6 Å². The van der Waals surface area contributed by atoms with Gasteiger partial charge in [-0.05, 0) is 61.7 Å². The molecule has 7 nitrogen and oxygen atoms in total. The van der Waals surface area contributed by atoms with Crippen molar-refractivity contribution in [3.8, 4) is 5.75 Å². The van der Waals surface area contributed by atoms with Gasteiger partial charge in [0, 0.05) is 41.7 Å². The topological polar surface area (TPSA) is 88.2 Å². The first kappa shape index (κ1) is 21.3. The van der Waals surface area contributed by atoms with Gasteiger partial charge in [0.1, 0.15) is 0 Å². The van der Waals surface area contributed by atoms with Gasteiger partial charge in [-0.15, -0.1) is 0 Å². The molecule has 0 unspecified atom stereocenters. The van der Waals surface area contributed by atoms with Crippen LogP contribution < -0.4 is 4.90 Å². The van der Waals surface area contributed by atoms with E-state index in [1.165, 1.54) is 5.56 Å². The van der Waals surface area contributed by atoms with E-state index < -0.39 is 5.97 Å². The van der Waals surface area contributed by atoms with Gasteiger partial charge in [0.25, 0.3) is 0 Å². The standard InChI is InChI=1S/C25H22ClN3O4/c1-14(2)32-25(31)21-22(30)20(11-16-12-28-23-19(16)4-3-8-27-23)33-24(21)29-9-7-15-5-6-18(26)10-17(15)13-29/h3-6,8,10-12,14,30H,7,9,13H2,1-2H3. The largest absolute Gasteiger partial charge is 0.504 e. The molecule has 0 saturated carbocycles. The Morgan fingerprint density at radius 1 is 1.30 bits per heavy atom. The highest BCUT2D eigenvalue weighted by Gasteiger charge is 2.32. The molecule has 0 fully saturated rings. The van der Waals surface area contributed by atoms with E-state index in [0.29, 0.717) is 23.9 Å². The number of furan rings is 1. The second-order valence-corrected chi connectivity index (χ2v) is 8.70. The van der Waals surface area contributed by atoms with Crippen molar-refractivity contribution in [1.29, 1.82) is 0 Å². The number of nitrogens with zero attached hydrogens (tertiary/aromatic N) is 3. The van der Waals surface area contributed by atoms with Crippen LogP contribution in [0.2, 0.25) is 5.02 Å². The number of halogens is 1. The molecule has 0 spiro atoms. The van der Waals surface area contributed by atoms with Gasteiger partial charge in [0.15, 0.2) is 22.9 Å². The first-order valence-electron chi connectivity index (χ1n) is 10.7. The van der Waals surface area contributed by atoms with E-state index in [9.17, 15) is 9.90 Å². The number of rotatable bonds is 4. The molecule has 8 heteroatoms. The van der Waals surface area contributed by atoms with Crippen LogP contribution in [0.3, 0.4) is 0 Å². The number of carbonyl (C=O) groups excluding carboxylic acids is 1. The lowest BCUT2D eigenvalue weighted by atomic mass is 10.00. The lowest BCUT2D eigenvalue weighted by molar-refractivity contribution is 0.0375. The molecular formula is C25H22ClN3O4. The van der Waals surface area contributed by atoms with Crippen molar-refractivity contribution in [3.05, 3.63) is 69.6 Å². The van der Waals surface area contributed by atoms with Gasteiger partial charge < -0.3 is 19.2 Å². The molecule has 3 aromatic rings. The second-order valence-electron chi connectivity index (χ2n) is 8.27. The SMILES string of the molecule is CC(C)OC(=O)c1c(N2CCc3ccc(Cl)cc3C2)oc(C=C2C=Nc3ncccc32)c1O. The van der Waals surface area contributed by atoms with Crippen LogP contribution in [0.1, 0.15) is 46.7 Å². The van der Waals surface area contributed by atoms with Gasteiger partial charge in [0.2, 0.25) is 5.88 Å². The number of aromatic hydroxyl groups is 1. The molecular weight excluding hydrogens is 442 g/mol. The molecule has 4 heterocycles. The highest BCUT2D eigenvalue weighted by atomic mass is 35.5. The number of benzene rings is 1. The van der Waals surface area contributed by atoms with E-state index >= 15 is 0 Å². The van der Waals surface area contributed by atoms with Crippen molar-refractivity contribution >= 4 is 47.1 Å². The molecule has 0 amide bonds. The van der Waals surface area contributed by atoms with Gasteiger partial charge in [-0.25, -0.2) is 14.8 Å². The molecule has 2 aliphatic heterocycles. The summed E-state index contributed by atoms with van der Waals surface area (Å²) in [7, 11) is 0. The first-order chi connectivity index (χ1) is 15.9. The fourth-order valence-corrected chi connectivity index (χ4v) is 4.28. The number of carbonyl (C=O) groups is 1. The Bertz CT molecular complexity index is 1310. The molecule has 168 valence electrons. The minimum absolute atomic E-state index is 0.0161. The number of anilines is 1. The third-order valence-electron chi connectivity index (χ3n) is 5.62. The van der Waals surface area contributed by atoms with Crippen molar-refractivity contribution in [2.75, 3.05) is 11.4 Å². The number of allylic oxidation sites excluding steroid dienone is 1. The fourth-order valence-electron chi connectivity index (χ4n) is 4.09. The lowest BCUT2D eigenvalue weighted by Crippen LogP contribution is -2.31. The summed E-state index contributed by atoms with van der Waals surface area (Å²) in [5, 5.41) is 11.7. The summed E-state index contributed by atoms with van der Waals surface area (Å²) in [6.07, 6.45) is 5.40. The Labute approximate surface area is 196 Å². The summed E-state index contributed by atoms with van der Waals surface area (Å²) in [5.74, 6) is 0.141. The third-order valence-corrected chi connectivity index (χ3v) is 5.85. The number of ether oxygens (including phenoxy) is 1. The number of pyridine rings is 1.